The van der Waals surface area contributed by atoms with E-state index in [9.17, 15) is 9.90 Å². The number of aliphatic carboxylic acids is 1. The molecule has 1 aliphatic rings. The molecule has 3 nitrogen and oxygen atoms in total. The van der Waals surface area contributed by atoms with Gasteiger partial charge in [0.25, 0.3) is 0 Å². The fourth-order valence-corrected chi connectivity index (χ4v) is 2.89. The van der Waals surface area contributed by atoms with E-state index >= 15 is 0 Å². The summed E-state index contributed by atoms with van der Waals surface area (Å²) < 4.78 is 0. The van der Waals surface area contributed by atoms with E-state index < -0.39 is 11.4 Å². The third-order valence-corrected chi connectivity index (χ3v) is 3.96. The van der Waals surface area contributed by atoms with Crippen LogP contribution in [0.25, 0.3) is 10.9 Å². The number of hydrogen-bond donors (Lipinski definition) is 1. The standard InChI is InChI=1S/C15H15NO2/c17-14(18)15(9-3-4-10-15)13-8-7-11-5-1-2-6-12(11)16-13/h1-2,5-8H,3-4,9-10H2,(H,17,18). The van der Waals surface area contributed by atoms with Crippen molar-refractivity contribution in [3.05, 3.63) is 42.1 Å². The maximum atomic E-state index is 11.6. The van der Waals surface area contributed by atoms with E-state index in [4.69, 9.17) is 0 Å². The summed E-state index contributed by atoms with van der Waals surface area (Å²) in [5, 5.41) is 10.6. The number of carboxylic acid groups (broad SMARTS) is 1. The number of rotatable bonds is 2. The molecule has 2 aromatic rings. The van der Waals surface area contributed by atoms with Gasteiger partial charge in [-0.2, -0.15) is 0 Å². The van der Waals surface area contributed by atoms with Gasteiger partial charge in [-0.1, -0.05) is 37.1 Å². The van der Waals surface area contributed by atoms with Gasteiger partial charge in [-0.15, -0.1) is 0 Å². The number of carboxylic acids is 1. The van der Waals surface area contributed by atoms with Crippen molar-refractivity contribution < 1.29 is 9.90 Å². The summed E-state index contributed by atoms with van der Waals surface area (Å²) in [4.78, 5) is 16.2. The Bertz CT molecular complexity index is 600. The molecule has 0 unspecified atom stereocenters. The van der Waals surface area contributed by atoms with Gasteiger partial charge < -0.3 is 5.11 Å². The molecular formula is C15H15NO2. The molecule has 0 amide bonds. The van der Waals surface area contributed by atoms with E-state index in [0.29, 0.717) is 18.5 Å². The van der Waals surface area contributed by atoms with E-state index in [-0.39, 0.29) is 0 Å². The molecule has 18 heavy (non-hydrogen) atoms. The van der Waals surface area contributed by atoms with Gasteiger partial charge in [-0.25, -0.2) is 0 Å². The molecule has 3 rings (SSSR count). The van der Waals surface area contributed by atoms with Gasteiger partial charge >= 0.3 is 5.97 Å². The second-order valence-corrected chi connectivity index (χ2v) is 4.98. The molecule has 0 bridgehead atoms. The van der Waals surface area contributed by atoms with Gasteiger partial charge in [0, 0.05) is 5.39 Å². The van der Waals surface area contributed by atoms with Crippen molar-refractivity contribution in [3.63, 3.8) is 0 Å². The molecule has 0 atom stereocenters. The predicted octanol–water partition coefficient (Wildman–Crippen LogP) is 3.13. The number of hydrogen-bond acceptors (Lipinski definition) is 2. The Morgan fingerprint density at radius 3 is 2.56 bits per heavy atom. The number of aromatic nitrogens is 1. The monoisotopic (exact) mass is 241 g/mol. The Balaban J connectivity index is 2.15. The number of pyridine rings is 1. The van der Waals surface area contributed by atoms with Crippen LogP contribution in [0.3, 0.4) is 0 Å². The van der Waals surface area contributed by atoms with E-state index in [0.717, 1.165) is 23.7 Å². The van der Waals surface area contributed by atoms with E-state index in [1.165, 1.54) is 0 Å². The number of para-hydroxylation sites is 1. The van der Waals surface area contributed by atoms with Gasteiger partial charge in [0.1, 0.15) is 5.41 Å². The zero-order chi connectivity index (χ0) is 12.6. The Hall–Kier alpha value is -1.90. The van der Waals surface area contributed by atoms with Gasteiger partial charge in [0.15, 0.2) is 0 Å². The number of carbonyl (C=O) groups is 1. The summed E-state index contributed by atoms with van der Waals surface area (Å²) in [6, 6.07) is 11.7. The van der Waals surface area contributed by atoms with E-state index in [1.54, 1.807) is 0 Å². The number of nitrogens with zero attached hydrogens (tertiary/aromatic N) is 1. The fraction of sp³-hybridized carbons (Fsp3) is 0.333. The lowest BCUT2D eigenvalue weighted by molar-refractivity contribution is -0.143. The van der Waals surface area contributed by atoms with Gasteiger partial charge in [-0.05, 0) is 25.0 Å². The van der Waals surface area contributed by atoms with Crippen molar-refractivity contribution in [1.29, 1.82) is 0 Å². The quantitative estimate of drug-likeness (QED) is 0.878. The first kappa shape index (κ1) is 11.2. The Labute approximate surface area is 105 Å². The summed E-state index contributed by atoms with van der Waals surface area (Å²) in [5.41, 5.74) is 0.832. The average Bonchev–Trinajstić information content (AvgIpc) is 2.89. The topological polar surface area (TPSA) is 50.2 Å². The highest BCUT2D eigenvalue weighted by Crippen LogP contribution is 2.40. The summed E-state index contributed by atoms with van der Waals surface area (Å²) in [6.45, 7) is 0. The first-order valence-corrected chi connectivity index (χ1v) is 6.32. The van der Waals surface area contributed by atoms with E-state index in [1.807, 2.05) is 36.4 Å². The molecular weight excluding hydrogens is 226 g/mol. The zero-order valence-corrected chi connectivity index (χ0v) is 10.1. The Kier molecular flexibility index (Phi) is 2.54. The van der Waals surface area contributed by atoms with Crippen LogP contribution in [0.2, 0.25) is 0 Å². The van der Waals surface area contributed by atoms with Crippen molar-refractivity contribution in [3.8, 4) is 0 Å². The first-order chi connectivity index (χ1) is 8.72. The first-order valence-electron chi connectivity index (χ1n) is 6.32. The lowest BCUT2D eigenvalue weighted by atomic mass is 9.82. The molecule has 1 saturated carbocycles. The van der Waals surface area contributed by atoms with Crippen LogP contribution in [0.4, 0.5) is 0 Å². The average molecular weight is 241 g/mol. The molecule has 1 aliphatic carbocycles. The smallest absolute Gasteiger partial charge is 0.315 e. The fourth-order valence-electron chi connectivity index (χ4n) is 2.89. The van der Waals surface area contributed by atoms with Crippen LogP contribution in [0.15, 0.2) is 36.4 Å². The highest BCUT2D eigenvalue weighted by atomic mass is 16.4. The minimum absolute atomic E-state index is 0.702. The molecule has 1 fully saturated rings. The molecule has 3 heteroatoms. The van der Waals surface area contributed by atoms with Crippen molar-refractivity contribution in [2.75, 3.05) is 0 Å². The Morgan fingerprint density at radius 1 is 1.11 bits per heavy atom. The molecule has 92 valence electrons. The highest BCUT2D eigenvalue weighted by Gasteiger charge is 2.44. The number of fused-ring (bicyclic) bond motifs is 1. The minimum atomic E-state index is -0.760. The molecule has 1 N–H and O–H groups in total. The number of benzene rings is 1. The van der Waals surface area contributed by atoms with Gasteiger partial charge in [-0.3, -0.25) is 9.78 Å². The lowest BCUT2D eigenvalue weighted by Crippen LogP contribution is -2.33. The molecule has 1 aromatic carbocycles. The normalized spacial score (nSPS) is 18.0. The zero-order valence-electron chi connectivity index (χ0n) is 10.1. The van der Waals surface area contributed by atoms with Crippen molar-refractivity contribution in [2.24, 2.45) is 0 Å². The van der Waals surface area contributed by atoms with E-state index in [2.05, 4.69) is 4.98 Å². The van der Waals surface area contributed by atoms with Gasteiger partial charge in [0.05, 0.1) is 11.2 Å². The second kappa shape index (κ2) is 4.09. The summed E-state index contributed by atoms with van der Waals surface area (Å²) in [5.74, 6) is -0.734. The largest absolute Gasteiger partial charge is 0.481 e. The second-order valence-electron chi connectivity index (χ2n) is 4.98. The molecule has 1 heterocycles. The van der Waals surface area contributed by atoms with Crippen LogP contribution in [0.5, 0.6) is 0 Å². The maximum Gasteiger partial charge on any atom is 0.315 e. The minimum Gasteiger partial charge on any atom is -0.481 e. The van der Waals surface area contributed by atoms with Crippen LogP contribution in [-0.2, 0) is 10.2 Å². The van der Waals surface area contributed by atoms with Crippen LogP contribution >= 0.6 is 0 Å². The van der Waals surface area contributed by atoms with Crippen molar-refractivity contribution in [1.82, 2.24) is 4.98 Å². The highest BCUT2D eigenvalue weighted by molar-refractivity contribution is 5.84. The maximum absolute atomic E-state index is 11.6. The van der Waals surface area contributed by atoms with Crippen LogP contribution in [0.1, 0.15) is 31.4 Å². The van der Waals surface area contributed by atoms with Gasteiger partial charge in [0.2, 0.25) is 0 Å². The van der Waals surface area contributed by atoms with Crippen LogP contribution < -0.4 is 0 Å². The van der Waals surface area contributed by atoms with Crippen molar-refractivity contribution in [2.45, 2.75) is 31.1 Å². The third kappa shape index (κ3) is 1.58. The molecule has 0 spiro atoms. The Morgan fingerprint density at radius 2 is 1.83 bits per heavy atom. The predicted molar refractivity (Wildman–Crippen MR) is 69.5 cm³/mol. The third-order valence-electron chi connectivity index (χ3n) is 3.96. The summed E-state index contributed by atoms with van der Waals surface area (Å²) in [6.07, 6.45) is 3.35. The molecule has 0 radical (unpaired) electrons. The lowest BCUT2D eigenvalue weighted by Gasteiger charge is -2.23. The summed E-state index contributed by atoms with van der Waals surface area (Å²) in [7, 11) is 0. The summed E-state index contributed by atoms with van der Waals surface area (Å²) >= 11 is 0. The van der Waals surface area contributed by atoms with Crippen molar-refractivity contribution >= 4 is 16.9 Å². The molecule has 1 aromatic heterocycles. The molecule has 0 saturated heterocycles. The SMILES string of the molecule is O=C(O)C1(c2ccc3ccccc3n2)CCCC1. The van der Waals surface area contributed by atoms with Crippen LogP contribution in [0, 0.1) is 0 Å². The van der Waals surface area contributed by atoms with Crippen LogP contribution in [-0.4, -0.2) is 16.1 Å². The molecule has 0 aliphatic heterocycles.